The number of hydrogen-bond donors (Lipinski definition) is 0. The molecule has 0 amide bonds. The number of aldehydes is 1. The van der Waals surface area contributed by atoms with Crippen molar-refractivity contribution in [2.24, 2.45) is 0 Å². The van der Waals surface area contributed by atoms with Gasteiger partial charge < -0.3 is 4.79 Å². The number of thiazole rings is 1. The normalized spacial score (nSPS) is 10.2. The number of halogens is 1. The summed E-state index contributed by atoms with van der Waals surface area (Å²) in [7, 11) is 0. The van der Waals surface area contributed by atoms with E-state index in [-0.39, 0.29) is 0 Å². The molecule has 0 unspecified atom stereocenters. The molecule has 1 heterocycles. The maximum absolute atomic E-state index is 10.3. The minimum atomic E-state index is 0.400. The van der Waals surface area contributed by atoms with E-state index < -0.39 is 0 Å². The van der Waals surface area contributed by atoms with Crippen molar-refractivity contribution in [2.75, 3.05) is 0 Å². The molecular formula is C11H8ClNOS. The fourth-order valence-electron chi connectivity index (χ4n) is 1.34. The summed E-state index contributed by atoms with van der Waals surface area (Å²) >= 11 is 7.64. The van der Waals surface area contributed by atoms with Crippen molar-refractivity contribution in [2.45, 2.75) is 6.42 Å². The van der Waals surface area contributed by atoms with Crippen LogP contribution in [0.1, 0.15) is 5.56 Å². The van der Waals surface area contributed by atoms with Gasteiger partial charge in [-0.05, 0) is 11.6 Å². The SMILES string of the molecule is O=CCc1ccc(-c2cscn2)c(Cl)c1. The highest BCUT2D eigenvalue weighted by molar-refractivity contribution is 7.07. The number of nitrogens with zero attached hydrogens (tertiary/aromatic N) is 1. The van der Waals surface area contributed by atoms with Crippen LogP contribution in [0.4, 0.5) is 0 Å². The van der Waals surface area contributed by atoms with E-state index in [4.69, 9.17) is 11.6 Å². The zero-order valence-corrected chi connectivity index (χ0v) is 9.39. The Bertz CT molecular complexity index is 467. The first-order chi connectivity index (χ1) is 7.31. The van der Waals surface area contributed by atoms with Gasteiger partial charge in [0.05, 0.1) is 16.2 Å². The van der Waals surface area contributed by atoms with Crippen LogP contribution in [0.3, 0.4) is 0 Å². The topological polar surface area (TPSA) is 30.0 Å². The monoisotopic (exact) mass is 237 g/mol. The van der Waals surface area contributed by atoms with Gasteiger partial charge in [-0.25, -0.2) is 4.98 Å². The standard InChI is InChI=1S/C11H8ClNOS/c12-10-5-8(3-4-14)1-2-9(10)11-6-15-7-13-11/h1-2,4-7H,3H2. The fraction of sp³-hybridized carbons (Fsp3) is 0.0909. The maximum Gasteiger partial charge on any atom is 0.124 e. The predicted octanol–water partition coefficient (Wildman–Crippen LogP) is 3.20. The highest BCUT2D eigenvalue weighted by Gasteiger charge is 2.05. The molecule has 4 heteroatoms. The van der Waals surface area contributed by atoms with Crippen molar-refractivity contribution in [3.8, 4) is 11.3 Å². The van der Waals surface area contributed by atoms with Crippen LogP contribution in [0.15, 0.2) is 29.1 Å². The lowest BCUT2D eigenvalue weighted by molar-refractivity contribution is -0.107. The third kappa shape index (κ3) is 2.25. The zero-order valence-electron chi connectivity index (χ0n) is 7.81. The van der Waals surface area contributed by atoms with Crippen LogP contribution in [0.5, 0.6) is 0 Å². The highest BCUT2D eigenvalue weighted by Crippen LogP contribution is 2.28. The van der Waals surface area contributed by atoms with Gasteiger partial charge in [0.2, 0.25) is 0 Å². The Labute approximate surface area is 96.5 Å². The third-order valence-corrected chi connectivity index (χ3v) is 2.96. The van der Waals surface area contributed by atoms with Gasteiger partial charge in [0, 0.05) is 17.4 Å². The molecule has 0 atom stereocenters. The first-order valence-electron chi connectivity index (χ1n) is 4.42. The summed E-state index contributed by atoms with van der Waals surface area (Å²) in [5.41, 5.74) is 4.48. The van der Waals surface area contributed by atoms with E-state index in [0.29, 0.717) is 11.4 Å². The number of rotatable bonds is 3. The molecule has 1 aromatic heterocycles. The molecule has 0 N–H and O–H groups in total. The van der Waals surface area contributed by atoms with Crippen molar-refractivity contribution in [3.63, 3.8) is 0 Å². The number of carbonyl (C=O) groups is 1. The molecule has 0 aliphatic heterocycles. The molecule has 15 heavy (non-hydrogen) atoms. The van der Waals surface area contributed by atoms with Gasteiger partial charge in [0.15, 0.2) is 0 Å². The molecule has 2 nitrogen and oxygen atoms in total. The molecule has 0 saturated heterocycles. The average molecular weight is 238 g/mol. The van der Waals surface area contributed by atoms with E-state index >= 15 is 0 Å². The minimum Gasteiger partial charge on any atom is -0.303 e. The number of aromatic nitrogens is 1. The Kier molecular flexibility index (Phi) is 3.14. The number of benzene rings is 1. The van der Waals surface area contributed by atoms with Gasteiger partial charge in [0.25, 0.3) is 0 Å². The molecule has 76 valence electrons. The van der Waals surface area contributed by atoms with E-state index in [9.17, 15) is 4.79 Å². The van der Waals surface area contributed by atoms with Gasteiger partial charge in [-0.2, -0.15) is 0 Å². The van der Waals surface area contributed by atoms with E-state index in [2.05, 4.69) is 4.98 Å². The Morgan fingerprint density at radius 1 is 1.47 bits per heavy atom. The lowest BCUT2D eigenvalue weighted by atomic mass is 10.1. The first-order valence-corrected chi connectivity index (χ1v) is 5.74. The first kappa shape index (κ1) is 10.3. The lowest BCUT2D eigenvalue weighted by Gasteiger charge is -2.02. The zero-order chi connectivity index (χ0) is 10.7. The number of hydrogen-bond acceptors (Lipinski definition) is 3. The summed E-state index contributed by atoms with van der Waals surface area (Å²) < 4.78 is 0. The molecule has 0 spiro atoms. The Morgan fingerprint density at radius 2 is 2.33 bits per heavy atom. The summed E-state index contributed by atoms with van der Waals surface area (Å²) in [6.45, 7) is 0. The second-order valence-corrected chi connectivity index (χ2v) is 4.18. The van der Waals surface area contributed by atoms with Crippen molar-refractivity contribution in [1.29, 1.82) is 0 Å². The Morgan fingerprint density at radius 3 is 2.93 bits per heavy atom. The van der Waals surface area contributed by atoms with Crippen LogP contribution < -0.4 is 0 Å². The van der Waals surface area contributed by atoms with Crippen molar-refractivity contribution in [1.82, 2.24) is 4.98 Å². The van der Waals surface area contributed by atoms with Crippen molar-refractivity contribution < 1.29 is 4.79 Å². The van der Waals surface area contributed by atoms with Crippen LogP contribution >= 0.6 is 22.9 Å². The Balaban J connectivity index is 2.39. The van der Waals surface area contributed by atoms with E-state index in [0.717, 1.165) is 23.1 Å². The van der Waals surface area contributed by atoms with Crippen LogP contribution in [-0.2, 0) is 11.2 Å². The number of carbonyl (C=O) groups excluding carboxylic acids is 1. The predicted molar refractivity (Wildman–Crippen MR) is 62.3 cm³/mol. The van der Waals surface area contributed by atoms with E-state index in [1.54, 1.807) is 5.51 Å². The molecule has 0 bridgehead atoms. The summed E-state index contributed by atoms with van der Waals surface area (Å²) in [5, 5.41) is 2.58. The fourth-order valence-corrected chi connectivity index (χ4v) is 2.19. The molecule has 0 radical (unpaired) electrons. The summed E-state index contributed by atoms with van der Waals surface area (Å²) in [5.74, 6) is 0. The quantitative estimate of drug-likeness (QED) is 0.768. The molecule has 1 aromatic carbocycles. The molecule has 0 aliphatic carbocycles. The van der Waals surface area contributed by atoms with Crippen LogP contribution in [-0.4, -0.2) is 11.3 Å². The molecule has 0 saturated carbocycles. The van der Waals surface area contributed by atoms with Gasteiger partial charge >= 0.3 is 0 Å². The summed E-state index contributed by atoms with van der Waals surface area (Å²) in [6.07, 6.45) is 1.27. The molecule has 2 aromatic rings. The van der Waals surface area contributed by atoms with E-state index in [1.165, 1.54) is 11.3 Å². The second kappa shape index (κ2) is 4.55. The summed E-state index contributed by atoms with van der Waals surface area (Å²) in [6, 6.07) is 5.61. The van der Waals surface area contributed by atoms with Crippen molar-refractivity contribution >= 4 is 29.2 Å². The van der Waals surface area contributed by atoms with Gasteiger partial charge in [0.1, 0.15) is 6.29 Å². The maximum atomic E-state index is 10.3. The van der Waals surface area contributed by atoms with Gasteiger partial charge in [-0.3, -0.25) is 0 Å². The van der Waals surface area contributed by atoms with Crippen molar-refractivity contribution in [3.05, 3.63) is 39.7 Å². The molecular weight excluding hydrogens is 230 g/mol. The lowest BCUT2D eigenvalue weighted by Crippen LogP contribution is -1.87. The summed E-state index contributed by atoms with van der Waals surface area (Å²) in [4.78, 5) is 14.5. The molecule has 0 fully saturated rings. The van der Waals surface area contributed by atoms with Crippen LogP contribution in [0.2, 0.25) is 5.02 Å². The van der Waals surface area contributed by atoms with Crippen LogP contribution in [0, 0.1) is 0 Å². The molecule has 0 aliphatic rings. The smallest absolute Gasteiger partial charge is 0.124 e. The van der Waals surface area contributed by atoms with Gasteiger partial charge in [-0.1, -0.05) is 23.7 Å². The highest BCUT2D eigenvalue weighted by atomic mass is 35.5. The molecule has 2 rings (SSSR count). The Hall–Kier alpha value is -1.19. The third-order valence-electron chi connectivity index (χ3n) is 2.06. The van der Waals surface area contributed by atoms with E-state index in [1.807, 2.05) is 23.6 Å². The van der Waals surface area contributed by atoms with Gasteiger partial charge in [-0.15, -0.1) is 11.3 Å². The average Bonchev–Trinajstić information content (AvgIpc) is 2.71. The van der Waals surface area contributed by atoms with Crippen LogP contribution in [0.25, 0.3) is 11.3 Å². The minimum absolute atomic E-state index is 0.400. The second-order valence-electron chi connectivity index (χ2n) is 3.06. The largest absolute Gasteiger partial charge is 0.303 e.